The first kappa shape index (κ1) is 15.5. The van der Waals surface area contributed by atoms with Crippen LogP contribution >= 0.6 is 0 Å². The molecule has 5 nitrogen and oxygen atoms in total. The van der Waals surface area contributed by atoms with Gasteiger partial charge in [-0.1, -0.05) is 36.4 Å². The number of nitrogens with one attached hydrogen (secondary N) is 1. The van der Waals surface area contributed by atoms with Crippen LogP contribution in [0.1, 0.15) is 18.4 Å². The topological polar surface area (TPSA) is 56.8 Å². The Morgan fingerprint density at radius 3 is 2.76 bits per heavy atom. The van der Waals surface area contributed by atoms with Gasteiger partial charge >= 0.3 is 6.09 Å². The molecule has 0 aromatic heterocycles. The van der Waals surface area contributed by atoms with Crippen molar-refractivity contribution in [3.05, 3.63) is 48.6 Å². The fourth-order valence-corrected chi connectivity index (χ4v) is 2.05. The Bertz CT molecular complexity index is 443. The zero-order chi connectivity index (χ0) is 14.9. The van der Waals surface area contributed by atoms with Crippen molar-refractivity contribution in [2.75, 3.05) is 13.2 Å². The number of amides is 1. The molecule has 1 saturated heterocycles. The molecule has 1 aromatic carbocycles. The fourth-order valence-electron chi connectivity index (χ4n) is 2.05. The van der Waals surface area contributed by atoms with Crippen LogP contribution in [-0.2, 0) is 20.8 Å². The predicted octanol–water partition coefficient (Wildman–Crippen LogP) is 2.62. The number of benzene rings is 1. The molecule has 0 spiro atoms. The number of hydrogen-bond acceptors (Lipinski definition) is 4. The van der Waals surface area contributed by atoms with Gasteiger partial charge in [0.25, 0.3) is 0 Å². The fraction of sp³-hybridized carbons (Fsp3) is 0.438. The van der Waals surface area contributed by atoms with Gasteiger partial charge in [0, 0.05) is 6.42 Å². The van der Waals surface area contributed by atoms with Crippen molar-refractivity contribution < 1.29 is 19.0 Å². The second kappa shape index (κ2) is 8.44. The first-order chi connectivity index (χ1) is 10.3. The van der Waals surface area contributed by atoms with Crippen LogP contribution < -0.4 is 5.32 Å². The van der Waals surface area contributed by atoms with E-state index in [0.29, 0.717) is 19.6 Å². The molecule has 0 saturated carbocycles. The first-order valence-electron chi connectivity index (χ1n) is 7.11. The van der Waals surface area contributed by atoms with E-state index in [1.165, 1.54) is 0 Å². The summed E-state index contributed by atoms with van der Waals surface area (Å²) in [6.07, 6.45) is 2.50. The summed E-state index contributed by atoms with van der Waals surface area (Å²) in [5.74, 6) is 0. The Morgan fingerprint density at radius 2 is 2.10 bits per heavy atom. The van der Waals surface area contributed by atoms with Crippen molar-refractivity contribution in [2.24, 2.45) is 0 Å². The minimum atomic E-state index is -0.447. The van der Waals surface area contributed by atoms with Crippen LogP contribution in [0, 0.1) is 0 Å². The smallest absolute Gasteiger partial charge is 0.407 e. The number of rotatable bonds is 7. The van der Waals surface area contributed by atoms with E-state index in [2.05, 4.69) is 11.9 Å². The molecule has 1 unspecified atom stereocenters. The number of ether oxygens (including phenoxy) is 3. The maximum absolute atomic E-state index is 11.7. The third-order valence-corrected chi connectivity index (χ3v) is 3.20. The molecule has 1 N–H and O–H groups in total. The molecule has 21 heavy (non-hydrogen) atoms. The van der Waals surface area contributed by atoms with Crippen LogP contribution in [-0.4, -0.2) is 31.6 Å². The van der Waals surface area contributed by atoms with Crippen LogP contribution in [0.4, 0.5) is 4.79 Å². The van der Waals surface area contributed by atoms with Crippen LogP contribution in [0.25, 0.3) is 0 Å². The van der Waals surface area contributed by atoms with Gasteiger partial charge in [0.05, 0.1) is 19.3 Å². The molecule has 1 amide bonds. The monoisotopic (exact) mass is 291 g/mol. The maximum Gasteiger partial charge on any atom is 0.407 e. The van der Waals surface area contributed by atoms with Gasteiger partial charge in [-0.15, -0.1) is 6.58 Å². The highest BCUT2D eigenvalue weighted by Gasteiger charge is 2.18. The van der Waals surface area contributed by atoms with E-state index in [0.717, 1.165) is 12.0 Å². The lowest BCUT2D eigenvalue weighted by molar-refractivity contribution is -0.0484. The minimum absolute atomic E-state index is 0.152. The molecule has 0 bridgehead atoms. The quantitative estimate of drug-likeness (QED) is 0.785. The molecular weight excluding hydrogens is 270 g/mol. The molecule has 1 aromatic rings. The summed E-state index contributed by atoms with van der Waals surface area (Å²) in [6, 6.07) is 9.40. The zero-order valence-electron chi connectivity index (χ0n) is 12.0. The van der Waals surface area contributed by atoms with Gasteiger partial charge in [-0.3, -0.25) is 0 Å². The largest absolute Gasteiger partial charge is 0.445 e. The lowest BCUT2D eigenvalue weighted by Crippen LogP contribution is -2.34. The van der Waals surface area contributed by atoms with Gasteiger partial charge in [-0.05, 0) is 12.0 Å². The summed E-state index contributed by atoms with van der Waals surface area (Å²) in [4.78, 5) is 11.7. The molecule has 1 heterocycles. The van der Waals surface area contributed by atoms with E-state index in [1.54, 1.807) is 6.08 Å². The normalized spacial score (nSPS) is 16.4. The number of alkyl carbamates (subject to hydrolysis) is 1. The van der Waals surface area contributed by atoms with Crippen LogP contribution in [0.3, 0.4) is 0 Å². The van der Waals surface area contributed by atoms with Crippen molar-refractivity contribution in [3.63, 3.8) is 0 Å². The highest BCUT2D eigenvalue weighted by atomic mass is 16.7. The number of carbonyl (C=O) groups is 1. The zero-order valence-corrected chi connectivity index (χ0v) is 12.0. The Balaban J connectivity index is 1.67. The standard InChI is InChI=1S/C16H21NO4/c1-2-14(8-9-15-19-10-11-20-15)17-16(18)21-12-13-6-4-3-5-7-13/h2-7,14-15H,1,8-12H2,(H,17,18). The molecule has 1 aliphatic heterocycles. The first-order valence-corrected chi connectivity index (χ1v) is 7.11. The Kier molecular flexibility index (Phi) is 6.24. The minimum Gasteiger partial charge on any atom is -0.445 e. The van der Waals surface area contributed by atoms with E-state index < -0.39 is 6.09 Å². The summed E-state index contributed by atoms with van der Waals surface area (Å²) in [6.45, 7) is 5.25. The summed E-state index contributed by atoms with van der Waals surface area (Å²) in [7, 11) is 0. The van der Waals surface area contributed by atoms with Crippen LogP contribution in [0.2, 0.25) is 0 Å². The van der Waals surface area contributed by atoms with Crippen LogP contribution in [0.15, 0.2) is 43.0 Å². The average Bonchev–Trinajstić information content (AvgIpc) is 3.04. The van der Waals surface area contributed by atoms with Gasteiger partial charge in [0.15, 0.2) is 6.29 Å². The van der Waals surface area contributed by atoms with Crippen molar-refractivity contribution in [2.45, 2.75) is 31.8 Å². The molecule has 0 radical (unpaired) electrons. The number of carbonyl (C=O) groups excluding carboxylic acids is 1. The molecule has 0 aliphatic carbocycles. The van der Waals surface area contributed by atoms with E-state index in [9.17, 15) is 4.79 Å². The maximum atomic E-state index is 11.7. The molecule has 1 fully saturated rings. The second-order valence-electron chi connectivity index (χ2n) is 4.80. The summed E-state index contributed by atoms with van der Waals surface area (Å²) in [5.41, 5.74) is 0.954. The molecular formula is C16H21NO4. The predicted molar refractivity (Wildman–Crippen MR) is 78.7 cm³/mol. The van der Waals surface area contributed by atoms with Gasteiger partial charge in [0.1, 0.15) is 6.61 Å². The second-order valence-corrected chi connectivity index (χ2v) is 4.80. The van der Waals surface area contributed by atoms with E-state index in [-0.39, 0.29) is 18.9 Å². The van der Waals surface area contributed by atoms with Crippen molar-refractivity contribution in [1.29, 1.82) is 0 Å². The highest BCUT2D eigenvalue weighted by molar-refractivity contribution is 5.67. The molecule has 114 valence electrons. The Morgan fingerprint density at radius 1 is 1.38 bits per heavy atom. The lowest BCUT2D eigenvalue weighted by atomic mass is 10.1. The van der Waals surface area contributed by atoms with Gasteiger partial charge in [0.2, 0.25) is 0 Å². The lowest BCUT2D eigenvalue weighted by Gasteiger charge is -2.16. The van der Waals surface area contributed by atoms with Crippen molar-refractivity contribution in [1.82, 2.24) is 5.32 Å². The van der Waals surface area contributed by atoms with E-state index in [4.69, 9.17) is 14.2 Å². The SMILES string of the molecule is C=CC(CCC1OCCO1)NC(=O)OCc1ccccc1. The summed E-state index contributed by atoms with van der Waals surface area (Å²) >= 11 is 0. The van der Waals surface area contributed by atoms with Gasteiger partial charge in [-0.25, -0.2) is 4.79 Å². The third-order valence-electron chi connectivity index (χ3n) is 3.20. The summed E-state index contributed by atoms with van der Waals surface area (Å²) in [5, 5.41) is 2.77. The van der Waals surface area contributed by atoms with E-state index >= 15 is 0 Å². The van der Waals surface area contributed by atoms with Crippen molar-refractivity contribution in [3.8, 4) is 0 Å². The van der Waals surface area contributed by atoms with Crippen LogP contribution in [0.5, 0.6) is 0 Å². The molecule has 1 atom stereocenters. The molecule has 2 rings (SSSR count). The van der Waals surface area contributed by atoms with Gasteiger partial charge < -0.3 is 19.5 Å². The third kappa shape index (κ3) is 5.57. The Hall–Kier alpha value is -1.85. The molecule has 5 heteroatoms. The number of hydrogen-bond donors (Lipinski definition) is 1. The summed E-state index contributed by atoms with van der Waals surface area (Å²) < 4.78 is 15.9. The van der Waals surface area contributed by atoms with Crippen molar-refractivity contribution >= 4 is 6.09 Å². The van der Waals surface area contributed by atoms with E-state index in [1.807, 2.05) is 30.3 Å². The average molecular weight is 291 g/mol. The highest BCUT2D eigenvalue weighted by Crippen LogP contribution is 2.12. The molecule has 1 aliphatic rings. The Labute approximate surface area is 124 Å². The van der Waals surface area contributed by atoms with Gasteiger partial charge in [-0.2, -0.15) is 0 Å².